The molecular weight excluding hydrogens is 351 g/mol. The molecule has 2 nitrogen and oxygen atoms in total. The predicted octanol–water partition coefficient (Wildman–Crippen LogP) is 7.25. The van der Waals surface area contributed by atoms with Gasteiger partial charge in [-0.1, -0.05) is 45.1 Å². The molecule has 5 heteroatoms. The van der Waals surface area contributed by atoms with E-state index in [2.05, 4.69) is 16.6 Å². The number of hydrogen-bond donors (Lipinski definition) is 0. The number of aromatic nitrogens is 1. The van der Waals surface area contributed by atoms with Gasteiger partial charge in [0.2, 0.25) is 5.88 Å². The van der Waals surface area contributed by atoms with Crippen LogP contribution >= 0.6 is 0 Å². The number of halogens is 3. The number of rotatable bonds is 6. The van der Waals surface area contributed by atoms with Gasteiger partial charge in [-0.15, -0.1) is 13.2 Å². The molecule has 0 amide bonds. The Morgan fingerprint density at radius 2 is 1.59 bits per heavy atom. The molecule has 3 rings (SSSR count). The van der Waals surface area contributed by atoms with Crippen LogP contribution in [0.25, 0.3) is 0 Å². The topological polar surface area (TPSA) is 22.1 Å². The number of alkyl halides is 3. The lowest BCUT2D eigenvalue weighted by Crippen LogP contribution is -2.25. The van der Waals surface area contributed by atoms with Crippen molar-refractivity contribution in [3.05, 3.63) is 23.9 Å². The maximum atomic E-state index is 12.2. The van der Waals surface area contributed by atoms with Gasteiger partial charge in [0.05, 0.1) is 0 Å². The third-order valence-electron chi connectivity index (χ3n) is 6.75. The maximum absolute atomic E-state index is 12.2. The highest BCUT2D eigenvalue weighted by Gasteiger charge is 2.33. The smallest absolute Gasteiger partial charge is 0.388 e. The molecule has 1 aromatic heterocycles. The van der Waals surface area contributed by atoms with Crippen LogP contribution in [0.2, 0.25) is 0 Å². The van der Waals surface area contributed by atoms with Crippen LogP contribution in [0.4, 0.5) is 13.2 Å². The molecule has 0 aromatic carbocycles. The minimum atomic E-state index is -4.68. The molecule has 1 heterocycles. The van der Waals surface area contributed by atoms with Crippen molar-refractivity contribution in [2.24, 2.45) is 17.8 Å². The van der Waals surface area contributed by atoms with Gasteiger partial charge < -0.3 is 4.74 Å². The molecule has 27 heavy (non-hydrogen) atoms. The predicted molar refractivity (Wildman–Crippen MR) is 101 cm³/mol. The fourth-order valence-corrected chi connectivity index (χ4v) is 5.18. The van der Waals surface area contributed by atoms with Crippen LogP contribution in [0, 0.1) is 17.8 Å². The van der Waals surface area contributed by atoms with E-state index in [1.807, 2.05) is 0 Å². The Kier molecular flexibility index (Phi) is 7.04. The van der Waals surface area contributed by atoms with Gasteiger partial charge in [0.25, 0.3) is 0 Å². The van der Waals surface area contributed by atoms with Crippen molar-refractivity contribution in [3.63, 3.8) is 0 Å². The first-order valence-corrected chi connectivity index (χ1v) is 10.7. The summed E-state index contributed by atoms with van der Waals surface area (Å²) in [6.07, 6.45) is 11.3. The van der Waals surface area contributed by atoms with Crippen molar-refractivity contribution < 1.29 is 17.9 Å². The number of pyridine rings is 1. The summed E-state index contributed by atoms with van der Waals surface area (Å²) in [5.41, 5.74) is 1.05. The number of hydrogen-bond acceptors (Lipinski definition) is 2. The molecular formula is C22H32F3NO. The second-order valence-electron chi connectivity index (χ2n) is 8.51. The third-order valence-corrected chi connectivity index (χ3v) is 6.75. The molecule has 0 radical (unpaired) electrons. The molecule has 2 aliphatic carbocycles. The Balaban J connectivity index is 1.44. The number of unbranched alkanes of at least 4 members (excludes halogenated alkanes) is 1. The fourth-order valence-electron chi connectivity index (χ4n) is 5.18. The zero-order valence-electron chi connectivity index (χ0n) is 16.3. The fraction of sp³-hybridized carbons (Fsp3) is 0.773. The van der Waals surface area contributed by atoms with Crippen molar-refractivity contribution in [1.82, 2.24) is 4.98 Å². The molecule has 1 aromatic rings. The van der Waals surface area contributed by atoms with Crippen LogP contribution in [0.1, 0.15) is 89.0 Å². The van der Waals surface area contributed by atoms with E-state index < -0.39 is 6.36 Å². The summed E-state index contributed by atoms with van der Waals surface area (Å²) in [6, 6.07) is 3.09. The standard InChI is InChI=1S/C22H32F3NO/c1-2-3-4-16-5-7-17(8-6-16)18-9-11-19(12-10-18)20-13-14-21(26-15-20)27-22(23,24)25/h13-19H,2-12H2,1H3. The van der Waals surface area contributed by atoms with Gasteiger partial charge in [-0.3, -0.25) is 0 Å². The molecule has 0 N–H and O–H groups in total. The Hall–Kier alpha value is -1.26. The summed E-state index contributed by atoms with van der Waals surface area (Å²) in [6.45, 7) is 2.27. The first-order chi connectivity index (χ1) is 12.9. The maximum Gasteiger partial charge on any atom is 0.574 e. The Labute approximate surface area is 160 Å². The van der Waals surface area contributed by atoms with Crippen molar-refractivity contribution >= 4 is 0 Å². The van der Waals surface area contributed by atoms with Crippen LogP contribution in [0.3, 0.4) is 0 Å². The summed E-state index contributed by atoms with van der Waals surface area (Å²) in [5.74, 6) is 2.74. The minimum absolute atomic E-state index is 0.375. The Morgan fingerprint density at radius 3 is 2.11 bits per heavy atom. The average Bonchev–Trinajstić information content (AvgIpc) is 2.66. The second-order valence-corrected chi connectivity index (χ2v) is 8.51. The number of ether oxygens (including phenoxy) is 1. The highest BCUT2D eigenvalue weighted by Crippen LogP contribution is 2.44. The summed E-state index contributed by atoms with van der Waals surface area (Å²) in [4.78, 5) is 3.84. The summed E-state index contributed by atoms with van der Waals surface area (Å²) in [7, 11) is 0. The second kappa shape index (κ2) is 9.29. The van der Waals surface area contributed by atoms with Crippen molar-refractivity contribution in [2.75, 3.05) is 0 Å². The van der Waals surface area contributed by atoms with E-state index >= 15 is 0 Å². The van der Waals surface area contributed by atoms with Crippen LogP contribution < -0.4 is 4.74 Å². The monoisotopic (exact) mass is 383 g/mol. The molecule has 0 saturated heterocycles. The van der Waals surface area contributed by atoms with Crippen LogP contribution in [-0.2, 0) is 0 Å². The van der Waals surface area contributed by atoms with Gasteiger partial charge >= 0.3 is 6.36 Å². The molecule has 2 aliphatic rings. The molecule has 0 unspecified atom stereocenters. The van der Waals surface area contributed by atoms with Crippen LogP contribution in [0.15, 0.2) is 18.3 Å². The summed E-state index contributed by atoms with van der Waals surface area (Å²) in [5, 5.41) is 0. The quantitative estimate of drug-likeness (QED) is 0.516. The van der Waals surface area contributed by atoms with E-state index in [1.165, 1.54) is 63.9 Å². The van der Waals surface area contributed by atoms with Gasteiger partial charge in [0.15, 0.2) is 0 Å². The van der Waals surface area contributed by atoms with E-state index in [1.54, 1.807) is 12.3 Å². The minimum Gasteiger partial charge on any atom is -0.388 e. The lowest BCUT2D eigenvalue weighted by molar-refractivity contribution is -0.276. The molecule has 0 atom stereocenters. The van der Waals surface area contributed by atoms with E-state index in [9.17, 15) is 13.2 Å². The van der Waals surface area contributed by atoms with Gasteiger partial charge in [-0.25, -0.2) is 4.98 Å². The largest absolute Gasteiger partial charge is 0.574 e. The van der Waals surface area contributed by atoms with Crippen LogP contribution in [0.5, 0.6) is 5.88 Å². The molecule has 0 aliphatic heterocycles. The van der Waals surface area contributed by atoms with E-state index in [4.69, 9.17) is 0 Å². The van der Waals surface area contributed by atoms with Gasteiger partial charge in [0.1, 0.15) is 0 Å². The highest BCUT2D eigenvalue weighted by atomic mass is 19.4. The van der Waals surface area contributed by atoms with Crippen molar-refractivity contribution in [1.29, 1.82) is 0 Å². The SMILES string of the molecule is CCCCC1CCC(C2CCC(c3ccc(OC(F)(F)F)nc3)CC2)CC1. The molecule has 2 fully saturated rings. The molecule has 0 spiro atoms. The van der Waals surface area contributed by atoms with Crippen molar-refractivity contribution in [2.45, 2.75) is 89.8 Å². The summed E-state index contributed by atoms with van der Waals surface area (Å²) < 4.78 is 40.6. The molecule has 2 saturated carbocycles. The van der Waals surface area contributed by atoms with Gasteiger partial charge in [-0.2, -0.15) is 0 Å². The highest BCUT2D eigenvalue weighted by molar-refractivity contribution is 5.22. The molecule has 152 valence electrons. The number of nitrogens with zero attached hydrogens (tertiary/aromatic N) is 1. The van der Waals surface area contributed by atoms with E-state index in [-0.39, 0.29) is 5.88 Å². The first-order valence-electron chi connectivity index (χ1n) is 10.7. The lowest BCUT2D eigenvalue weighted by Gasteiger charge is -2.38. The van der Waals surface area contributed by atoms with E-state index in [0.29, 0.717) is 5.92 Å². The van der Waals surface area contributed by atoms with Gasteiger partial charge in [-0.05, 0) is 67.8 Å². The Morgan fingerprint density at radius 1 is 0.963 bits per heavy atom. The van der Waals surface area contributed by atoms with Gasteiger partial charge in [0, 0.05) is 12.3 Å². The van der Waals surface area contributed by atoms with E-state index in [0.717, 1.165) is 36.2 Å². The third kappa shape index (κ3) is 6.11. The zero-order chi connectivity index (χ0) is 19.3. The first kappa shape index (κ1) is 20.5. The van der Waals surface area contributed by atoms with Crippen LogP contribution in [-0.4, -0.2) is 11.3 Å². The van der Waals surface area contributed by atoms with Crippen molar-refractivity contribution in [3.8, 4) is 5.88 Å². The normalized spacial score (nSPS) is 29.5. The zero-order valence-corrected chi connectivity index (χ0v) is 16.3. The Bertz CT molecular complexity index is 556. The molecule has 0 bridgehead atoms. The lowest BCUT2D eigenvalue weighted by atomic mass is 9.68. The summed E-state index contributed by atoms with van der Waals surface area (Å²) >= 11 is 0. The average molecular weight is 383 g/mol.